The number of imide groups is 1. The van der Waals surface area contributed by atoms with Crippen molar-refractivity contribution in [1.29, 1.82) is 0 Å². The highest BCUT2D eigenvalue weighted by molar-refractivity contribution is 6.06. The van der Waals surface area contributed by atoms with E-state index in [9.17, 15) is 19.2 Å². The lowest BCUT2D eigenvalue weighted by Gasteiger charge is -2.31. The molecule has 2 unspecified atom stereocenters. The first-order chi connectivity index (χ1) is 9.40. The van der Waals surface area contributed by atoms with Crippen LogP contribution in [0.2, 0.25) is 0 Å². The van der Waals surface area contributed by atoms with E-state index in [-0.39, 0.29) is 18.9 Å². The standard InChI is InChI=1S/C12H17N3O5/c1-14-9(16)5-8(10(14)17)13-12(20)15-4-2-3-7(6-15)11(18)19/h7-8H,2-6H2,1H3,(H,13,20)(H,18,19). The van der Waals surface area contributed by atoms with Crippen LogP contribution < -0.4 is 5.32 Å². The fourth-order valence-electron chi connectivity index (χ4n) is 2.47. The second-order valence-electron chi connectivity index (χ2n) is 5.12. The van der Waals surface area contributed by atoms with E-state index in [1.54, 1.807) is 0 Å². The summed E-state index contributed by atoms with van der Waals surface area (Å²) in [6.45, 7) is 0.589. The Morgan fingerprint density at radius 1 is 1.35 bits per heavy atom. The van der Waals surface area contributed by atoms with Crippen molar-refractivity contribution in [1.82, 2.24) is 15.1 Å². The number of carboxylic acid groups (broad SMARTS) is 1. The summed E-state index contributed by atoms with van der Waals surface area (Å²) < 4.78 is 0. The summed E-state index contributed by atoms with van der Waals surface area (Å²) in [5.41, 5.74) is 0. The summed E-state index contributed by atoms with van der Waals surface area (Å²) >= 11 is 0. The van der Waals surface area contributed by atoms with Gasteiger partial charge in [0.15, 0.2) is 0 Å². The van der Waals surface area contributed by atoms with Crippen LogP contribution >= 0.6 is 0 Å². The fourth-order valence-corrected chi connectivity index (χ4v) is 2.47. The Kier molecular flexibility index (Phi) is 3.91. The van der Waals surface area contributed by atoms with Gasteiger partial charge in [0.05, 0.1) is 12.3 Å². The summed E-state index contributed by atoms with van der Waals surface area (Å²) in [5, 5.41) is 11.5. The van der Waals surface area contributed by atoms with Crippen molar-refractivity contribution in [2.24, 2.45) is 5.92 Å². The maximum Gasteiger partial charge on any atom is 0.318 e. The van der Waals surface area contributed by atoms with Crippen LogP contribution in [0.1, 0.15) is 19.3 Å². The van der Waals surface area contributed by atoms with Crippen LogP contribution in [-0.2, 0) is 14.4 Å². The SMILES string of the molecule is CN1C(=O)CC(NC(=O)N2CCCC(C(=O)O)C2)C1=O. The maximum absolute atomic E-state index is 12.0. The highest BCUT2D eigenvalue weighted by Crippen LogP contribution is 2.17. The van der Waals surface area contributed by atoms with Gasteiger partial charge in [0, 0.05) is 20.1 Å². The van der Waals surface area contributed by atoms with E-state index in [0.29, 0.717) is 19.4 Å². The lowest BCUT2D eigenvalue weighted by Crippen LogP contribution is -2.51. The van der Waals surface area contributed by atoms with Crippen LogP contribution in [0.3, 0.4) is 0 Å². The Morgan fingerprint density at radius 2 is 2.05 bits per heavy atom. The molecule has 20 heavy (non-hydrogen) atoms. The third kappa shape index (κ3) is 2.73. The summed E-state index contributed by atoms with van der Waals surface area (Å²) in [4.78, 5) is 48.4. The lowest BCUT2D eigenvalue weighted by atomic mass is 9.99. The van der Waals surface area contributed by atoms with Crippen molar-refractivity contribution in [2.45, 2.75) is 25.3 Å². The normalized spacial score (nSPS) is 26.9. The molecule has 2 fully saturated rings. The smallest absolute Gasteiger partial charge is 0.318 e. The van der Waals surface area contributed by atoms with Crippen LogP contribution in [0.15, 0.2) is 0 Å². The number of nitrogens with one attached hydrogen (secondary N) is 1. The number of carboxylic acids is 1. The van der Waals surface area contributed by atoms with E-state index in [4.69, 9.17) is 5.11 Å². The quantitative estimate of drug-likeness (QED) is 0.648. The van der Waals surface area contributed by atoms with Crippen molar-refractivity contribution in [3.8, 4) is 0 Å². The molecule has 2 aliphatic rings. The van der Waals surface area contributed by atoms with E-state index in [2.05, 4.69) is 5.32 Å². The number of urea groups is 1. The first kappa shape index (κ1) is 14.3. The number of rotatable bonds is 2. The van der Waals surface area contributed by atoms with Crippen LogP contribution in [-0.4, -0.2) is 64.9 Å². The van der Waals surface area contributed by atoms with Gasteiger partial charge >= 0.3 is 12.0 Å². The summed E-state index contributed by atoms with van der Waals surface area (Å²) in [6, 6.07) is -1.33. The Morgan fingerprint density at radius 3 is 2.60 bits per heavy atom. The molecule has 2 N–H and O–H groups in total. The highest BCUT2D eigenvalue weighted by Gasteiger charge is 2.38. The number of amides is 4. The van der Waals surface area contributed by atoms with Gasteiger partial charge in [-0.15, -0.1) is 0 Å². The second-order valence-corrected chi connectivity index (χ2v) is 5.12. The van der Waals surface area contributed by atoms with Crippen molar-refractivity contribution in [3.05, 3.63) is 0 Å². The number of nitrogens with zero attached hydrogens (tertiary/aromatic N) is 2. The third-order valence-electron chi connectivity index (χ3n) is 3.74. The van der Waals surface area contributed by atoms with Gasteiger partial charge in [-0.3, -0.25) is 19.3 Å². The molecule has 2 atom stereocenters. The van der Waals surface area contributed by atoms with E-state index in [1.165, 1.54) is 11.9 Å². The molecule has 0 aromatic heterocycles. The van der Waals surface area contributed by atoms with Crippen molar-refractivity contribution < 1.29 is 24.3 Å². The molecule has 0 aromatic rings. The van der Waals surface area contributed by atoms with Gasteiger partial charge in [-0.05, 0) is 12.8 Å². The molecule has 4 amide bonds. The van der Waals surface area contributed by atoms with Crippen molar-refractivity contribution >= 4 is 23.8 Å². The van der Waals surface area contributed by atoms with Gasteiger partial charge in [0.25, 0.3) is 5.91 Å². The Hall–Kier alpha value is -2.12. The molecule has 110 valence electrons. The highest BCUT2D eigenvalue weighted by atomic mass is 16.4. The molecule has 0 aliphatic carbocycles. The van der Waals surface area contributed by atoms with E-state index < -0.39 is 29.9 Å². The zero-order chi connectivity index (χ0) is 14.9. The number of likely N-dealkylation sites (N-methyl/N-ethyl adjacent to an activating group) is 1. The summed E-state index contributed by atoms with van der Waals surface area (Å²) in [5.74, 6) is -2.26. The maximum atomic E-state index is 12.0. The minimum Gasteiger partial charge on any atom is -0.481 e. The molecule has 0 spiro atoms. The number of aliphatic carboxylic acids is 1. The van der Waals surface area contributed by atoms with Crippen molar-refractivity contribution in [2.75, 3.05) is 20.1 Å². The first-order valence-electron chi connectivity index (χ1n) is 6.48. The molecule has 0 radical (unpaired) electrons. The van der Waals surface area contributed by atoms with Crippen LogP contribution in [0, 0.1) is 5.92 Å². The monoisotopic (exact) mass is 283 g/mol. The van der Waals surface area contributed by atoms with Crippen LogP contribution in [0.25, 0.3) is 0 Å². The predicted octanol–water partition coefficient (Wildman–Crippen LogP) is -0.750. The molecule has 8 nitrogen and oxygen atoms in total. The van der Waals surface area contributed by atoms with Crippen LogP contribution in [0.4, 0.5) is 4.79 Å². The fraction of sp³-hybridized carbons (Fsp3) is 0.667. The lowest BCUT2D eigenvalue weighted by molar-refractivity contribution is -0.143. The van der Waals surface area contributed by atoms with E-state index >= 15 is 0 Å². The van der Waals surface area contributed by atoms with Gasteiger partial charge in [0.2, 0.25) is 5.91 Å². The Balaban J connectivity index is 1.93. The average molecular weight is 283 g/mol. The molecular formula is C12H17N3O5. The molecule has 2 saturated heterocycles. The topological polar surface area (TPSA) is 107 Å². The largest absolute Gasteiger partial charge is 0.481 e. The number of piperidine rings is 1. The van der Waals surface area contributed by atoms with Gasteiger partial charge in [-0.2, -0.15) is 0 Å². The molecular weight excluding hydrogens is 266 g/mol. The molecule has 2 heterocycles. The predicted molar refractivity (Wildman–Crippen MR) is 66.6 cm³/mol. The molecule has 0 aromatic carbocycles. The molecule has 0 bridgehead atoms. The number of carbonyl (C=O) groups is 4. The molecule has 2 aliphatic heterocycles. The average Bonchev–Trinajstić information content (AvgIpc) is 2.66. The number of likely N-dealkylation sites (tertiary alicyclic amines) is 2. The number of hydrogen-bond acceptors (Lipinski definition) is 4. The molecule has 8 heteroatoms. The zero-order valence-electron chi connectivity index (χ0n) is 11.2. The number of carbonyl (C=O) groups excluding carboxylic acids is 3. The summed E-state index contributed by atoms with van der Waals surface area (Å²) in [6.07, 6.45) is 1.11. The van der Waals surface area contributed by atoms with Crippen LogP contribution in [0.5, 0.6) is 0 Å². The summed E-state index contributed by atoms with van der Waals surface area (Å²) in [7, 11) is 1.37. The first-order valence-corrected chi connectivity index (χ1v) is 6.48. The zero-order valence-corrected chi connectivity index (χ0v) is 11.2. The number of hydrogen-bond donors (Lipinski definition) is 2. The van der Waals surface area contributed by atoms with E-state index in [1.807, 2.05) is 0 Å². The van der Waals surface area contributed by atoms with Gasteiger partial charge in [-0.1, -0.05) is 0 Å². The van der Waals surface area contributed by atoms with Crippen molar-refractivity contribution in [3.63, 3.8) is 0 Å². The second kappa shape index (κ2) is 5.48. The molecule has 2 rings (SSSR count). The van der Waals surface area contributed by atoms with Gasteiger partial charge in [-0.25, -0.2) is 4.79 Å². The third-order valence-corrected chi connectivity index (χ3v) is 3.74. The van der Waals surface area contributed by atoms with E-state index in [0.717, 1.165) is 4.90 Å². The Labute approximate surface area is 115 Å². The minimum absolute atomic E-state index is 0.0444. The Bertz CT molecular complexity index is 464. The van der Waals surface area contributed by atoms with Gasteiger partial charge in [0.1, 0.15) is 6.04 Å². The van der Waals surface area contributed by atoms with Gasteiger partial charge < -0.3 is 15.3 Å². The molecule has 0 saturated carbocycles. The minimum atomic E-state index is -0.922.